The lowest BCUT2D eigenvalue weighted by Crippen LogP contribution is -2.63. The van der Waals surface area contributed by atoms with Crippen molar-refractivity contribution in [3.63, 3.8) is 0 Å². The number of nitrogens with zero attached hydrogens (tertiary/aromatic N) is 1. The zero-order valence-corrected chi connectivity index (χ0v) is 14.4. The topological polar surface area (TPSA) is 15.3 Å². The lowest BCUT2D eigenvalue weighted by atomic mass is 9.71. The molecule has 20 heavy (non-hydrogen) atoms. The van der Waals surface area contributed by atoms with Gasteiger partial charge >= 0.3 is 0 Å². The molecule has 0 spiro atoms. The van der Waals surface area contributed by atoms with E-state index in [0.29, 0.717) is 11.5 Å². The van der Waals surface area contributed by atoms with E-state index in [1.165, 1.54) is 51.6 Å². The summed E-state index contributed by atoms with van der Waals surface area (Å²) in [6.07, 6.45) is 8.26. The van der Waals surface area contributed by atoms with Gasteiger partial charge in [0.25, 0.3) is 0 Å². The highest BCUT2D eigenvalue weighted by Crippen LogP contribution is 2.40. The smallest absolute Gasteiger partial charge is 0.0221 e. The van der Waals surface area contributed by atoms with Crippen LogP contribution >= 0.6 is 0 Å². The van der Waals surface area contributed by atoms with E-state index in [1.54, 1.807) is 0 Å². The molecule has 2 aliphatic rings. The van der Waals surface area contributed by atoms with Crippen molar-refractivity contribution in [2.75, 3.05) is 13.1 Å². The number of rotatable bonds is 4. The van der Waals surface area contributed by atoms with Crippen LogP contribution < -0.4 is 5.32 Å². The molecule has 0 bridgehead atoms. The Morgan fingerprint density at radius 3 is 2.60 bits per heavy atom. The molecular formula is C18H36N2. The van der Waals surface area contributed by atoms with E-state index in [1.807, 2.05) is 0 Å². The first-order valence-electron chi connectivity index (χ1n) is 8.98. The van der Waals surface area contributed by atoms with Crippen molar-refractivity contribution in [2.24, 2.45) is 11.3 Å². The summed E-state index contributed by atoms with van der Waals surface area (Å²) in [5.41, 5.74) is 0.503. The highest BCUT2D eigenvalue weighted by atomic mass is 15.3. The molecule has 1 heterocycles. The van der Waals surface area contributed by atoms with Gasteiger partial charge in [0.2, 0.25) is 0 Å². The van der Waals surface area contributed by atoms with Crippen LogP contribution in [-0.2, 0) is 0 Å². The van der Waals surface area contributed by atoms with Crippen molar-refractivity contribution in [2.45, 2.75) is 91.3 Å². The second-order valence-corrected chi connectivity index (χ2v) is 7.91. The molecule has 0 radical (unpaired) electrons. The maximum atomic E-state index is 3.83. The maximum absolute atomic E-state index is 3.83. The second-order valence-electron chi connectivity index (χ2n) is 7.91. The minimum Gasteiger partial charge on any atom is -0.311 e. The molecule has 0 aromatic heterocycles. The summed E-state index contributed by atoms with van der Waals surface area (Å²) >= 11 is 0. The van der Waals surface area contributed by atoms with E-state index in [9.17, 15) is 0 Å². The first-order valence-corrected chi connectivity index (χ1v) is 8.98. The summed E-state index contributed by atoms with van der Waals surface area (Å²) in [5, 5.41) is 3.83. The van der Waals surface area contributed by atoms with Gasteiger partial charge in [0.05, 0.1) is 0 Å². The summed E-state index contributed by atoms with van der Waals surface area (Å²) in [5.74, 6) is 0.794. The number of nitrogens with one attached hydrogen (secondary N) is 1. The van der Waals surface area contributed by atoms with Crippen LogP contribution in [0.25, 0.3) is 0 Å². The monoisotopic (exact) mass is 280 g/mol. The summed E-state index contributed by atoms with van der Waals surface area (Å²) in [6.45, 7) is 14.6. The SMILES string of the molecule is CCC(C)C1CN(C2CCCCC2(C)C)C(CC)CN1. The fourth-order valence-electron chi connectivity index (χ4n) is 4.36. The highest BCUT2D eigenvalue weighted by Gasteiger charge is 2.41. The molecule has 2 nitrogen and oxygen atoms in total. The van der Waals surface area contributed by atoms with Crippen LogP contribution in [0, 0.1) is 11.3 Å². The molecule has 2 heteroatoms. The molecule has 1 saturated carbocycles. The second kappa shape index (κ2) is 6.79. The fraction of sp³-hybridized carbons (Fsp3) is 1.00. The van der Waals surface area contributed by atoms with Gasteiger partial charge < -0.3 is 5.32 Å². The minimum atomic E-state index is 0.503. The third-order valence-corrected chi connectivity index (χ3v) is 6.15. The minimum absolute atomic E-state index is 0.503. The predicted octanol–water partition coefficient (Wildman–Crippen LogP) is 4.05. The van der Waals surface area contributed by atoms with E-state index >= 15 is 0 Å². The molecule has 1 aliphatic carbocycles. The molecule has 0 aromatic rings. The fourth-order valence-corrected chi connectivity index (χ4v) is 4.36. The lowest BCUT2D eigenvalue weighted by Gasteiger charge is -2.52. The van der Waals surface area contributed by atoms with Gasteiger partial charge in [-0.25, -0.2) is 0 Å². The zero-order valence-electron chi connectivity index (χ0n) is 14.4. The van der Waals surface area contributed by atoms with Crippen molar-refractivity contribution < 1.29 is 0 Å². The molecule has 0 amide bonds. The Bertz CT molecular complexity index is 300. The van der Waals surface area contributed by atoms with Gasteiger partial charge in [-0.1, -0.05) is 53.9 Å². The Kier molecular flexibility index (Phi) is 5.53. The largest absolute Gasteiger partial charge is 0.311 e. The van der Waals surface area contributed by atoms with Crippen LogP contribution in [0.2, 0.25) is 0 Å². The van der Waals surface area contributed by atoms with Crippen LogP contribution in [0.3, 0.4) is 0 Å². The third kappa shape index (κ3) is 3.39. The van der Waals surface area contributed by atoms with E-state index in [0.717, 1.165) is 18.0 Å². The van der Waals surface area contributed by atoms with Gasteiger partial charge in [-0.3, -0.25) is 4.90 Å². The van der Waals surface area contributed by atoms with E-state index in [4.69, 9.17) is 0 Å². The molecular weight excluding hydrogens is 244 g/mol. The van der Waals surface area contributed by atoms with Gasteiger partial charge in [0.15, 0.2) is 0 Å². The van der Waals surface area contributed by atoms with Crippen molar-refractivity contribution >= 4 is 0 Å². The molecule has 4 atom stereocenters. The number of hydrogen-bond acceptors (Lipinski definition) is 2. The predicted molar refractivity (Wildman–Crippen MR) is 88.1 cm³/mol. The van der Waals surface area contributed by atoms with Crippen LogP contribution in [0.1, 0.15) is 73.1 Å². The molecule has 1 aliphatic heterocycles. The average Bonchev–Trinajstić information content (AvgIpc) is 2.45. The molecule has 2 rings (SSSR count). The van der Waals surface area contributed by atoms with Gasteiger partial charge in [-0.15, -0.1) is 0 Å². The molecule has 4 unspecified atom stereocenters. The lowest BCUT2D eigenvalue weighted by molar-refractivity contribution is -0.0130. The van der Waals surface area contributed by atoms with E-state index < -0.39 is 0 Å². The molecule has 2 fully saturated rings. The Labute approximate surface area is 126 Å². The molecule has 1 saturated heterocycles. The van der Waals surface area contributed by atoms with Gasteiger partial charge in [0.1, 0.15) is 0 Å². The quantitative estimate of drug-likeness (QED) is 0.835. The maximum Gasteiger partial charge on any atom is 0.0221 e. The van der Waals surface area contributed by atoms with Crippen molar-refractivity contribution in [3.05, 3.63) is 0 Å². The average molecular weight is 280 g/mol. The molecule has 118 valence electrons. The Morgan fingerprint density at radius 2 is 2.00 bits per heavy atom. The first kappa shape index (κ1) is 16.3. The number of hydrogen-bond donors (Lipinski definition) is 1. The zero-order chi connectivity index (χ0) is 14.8. The van der Waals surface area contributed by atoms with Crippen molar-refractivity contribution in [1.82, 2.24) is 10.2 Å². The number of piperazine rings is 1. The summed E-state index contributed by atoms with van der Waals surface area (Å²) < 4.78 is 0. The van der Waals surface area contributed by atoms with Crippen LogP contribution in [0.5, 0.6) is 0 Å². The van der Waals surface area contributed by atoms with E-state index in [2.05, 4.69) is 44.8 Å². The van der Waals surface area contributed by atoms with Gasteiger partial charge in [0, 0.05) is 31.2 Å². The van der Waals surface area contributed by atoms with Crippen LogP contribution in [-0.4, -0.2) is 36.1 Å². The van der Waals surface area contributed by atoms with Crippen LogP contribution in [0.4, 0.5) is 0 Å². The Morgan fingerprint density at radius 1 is 1.25 bits per heavy atom. The van der Waals surface area contributed by atoms with Crippen LogP contribution in [0.15, 0.2) is 0 Å². The standard InChI is InChI=1S/C18H36N2/c1-6-14(3)16-13-20(15(7-2)12-19-16)17-10-8-9-11-18(17,4)5/h14-17,19H,6-13H2,1-5H3. The van der Waals surface area contributed by atoms with Gasteiger partial charge in [-0.2, -0.15) is 0 Å². The Hall–Kier alpha value is -0.0800. The molecule has 0 aromatic carbocycles. The summed E-state index contributed by atoms with van der Waals surface area (Å²) in [4.78, 5) is 2.90. The summed E-state index contributed by atoms with van der Waals surface area (Å²) in [6, 6.07) is 2.24. The molecule has 1 N–H and O–H groups in total. The van der Waals surface area contributed by atoms with Gasteiger partial charge in [-0.05, 0) is 30.6 Å². The Balaban J connectivity index is 2.11. The highest BCUT2D eigenvalue weighted by molar-refractivity contribution is 4.97. The third-order valence-electron chi connectivity index (χ3n) is 6.15. The van der Waals surface area contributed by atoms with Crippen molar-refractivity contribution in [1.29, 1.82) is 0 Å². The van der Waals surface area contributed by atoms with E-state index in [-0.39, 0.29) is 0 Å². The first-order chi connectivity index (χ1) is 9.49. The van der Waals surface area contributed by atoms with Crippen molar-refractivity contribution in [3.8, 4) is 0 Å². The normalized spacial score (nSPS) is 36.8. The summed E-state index contributed by atoms with van der Waals surface area (Å²) in [7, 11) is 0.